The summed E-state index contributed by atoms with van der Waals surface area (Å²) in [6.07, 6.45) is 4.11. The molecule has 0 radical (unpaired) electrons. The maximum Gasteiger partial charge on any atom is 0.112 e. The molecule has 0 spiro atoms. The van der Waals surface area contributed by atoms with E-state index in [0.29, 0.717) is 6.42 Å². The van der Waals surface area contributed by atoms with Gasteiger partial charge in [0.2, 0.25) is 0 Å². The van der Waals surface area contributed by atoms with E-state index < -0.39 is 14.1 Å². The van der Waals surface area contributed by atoms with Crippen LogP contribution in [0.5, 0.6) is 0 Å². The largest absolute Gasteiger partial charge is 0.112 e. The van der Waals surface area contributed by atoms with E-state index in [9.17, 15) is 0 Å². The molecule has 3 rings (SSSR count). The average Bonchev–Trinajstić information content (AvgIpc) is 2.72. The molecule has 0 saturated heterocycles. The Bertz CT molecular complexity index is 733. The first kappa shape index (κ1) is 14.3. The molecule has 0 saturated carbocycles. The predicted molar refractivity (Wildman–Crippen MR) is 114 cm³/mol. The molecule has 1 heteroatoms. The van der Waals surface area contributed by atoms with Crippen molar-refractivity contribution >= 4 is 23.2 Å². The van der Waals surface area contributed by atoms with Crippen LogP contribution in [0.4, 0.5) is 0 Å². The van der Waals surface area contributed by atoms with Gasteiger partial charge in [-0.3, -0.25) is 0 Å². The molecule has 0 N–H and O–H groups in total. The maximum absolute atomic E-state index is 7.43. The zero-order valence-electron chi connectivity index (χ0n) is 17.6. The molecule has 0 amide bonds. The lowest BCUT2D eigenvalue weighted by atomic mass is 10.2. The van der Waals surface area contributed by atoms with Gasteiger partial charge in [0.05, 0.1) is 6.16 Å². The lowest BCUT2D eigenvalue weighted by Gasteiger charge is -2.27. The Balaban J connectivity index is 1.97. The second-order valence-electron chi connectivity index (χ2n) is 6.35. The highest BCUT2D eigenvalue weighted by atomic mass is 31.2. The summed E-state index contributed by atoms with van der Waals surface area (Å²) in [5.41, 5.74) is 0. The summed E-state index contributed by atoms with van der Waals surface area (Å²) in [6.45, 7) is -1.81. The monoisotopic (exact) mass is 350 g/mol. The maximum atomic E-state index is 7.43. The van der Waals surface area contributed by atoms with Crippen LogP contribution in [0.1, 0.15) is 36.6 Å². The van der Waals surface area contributed by atoms with E-state index in [1.54, 1.807) is 0 Å². The third kappa shape index (κ3) is 4.02. The van der Waals surface area contributed by atoms with Crippen molar-refractivity contribution in [2.45, 2.75) is 32.5 Å². The van der Waals surface area contributed by atoms with Crippen molar-refractivity contribution in [3.63, 3.8) is 0 Å². The van der Waals surface area contributed by atoms with Crippen LogP contribution in [0.2, 0.25) is 0 Å². The smallest absolute Gasteiger partial charge is 0.0654 e. The van der Waals surface area contributed by atoms with Crippen LogP contribution in [0.3, 0.4) is 0 Å². The predicted octanol–water partition coefficient (Wildman–Crippen LogP) is 5.56. The van der Waals surface area contributed by atoms with Crippen molar-refractivity contribution in [2.75, 3.05) is 6.16 Å². The molecule has 0 bridgehead atoms. The molecule has 0 aliphatic rings. The second-order valence-corrected chi connectivity index (χ2v) is 9.97. The minimum absolute atomic E-state index is 0.306. The molecule has 0 heterocycles. The third-order valence-electron chi connectivity index (χ3n) is 4.76. The Morgan fingerprint density at radius 3 is 1.44 bits per heavy atom. The Kier molecular flexibility index (Phi) is 5.13. The minimum atomic E-state index is -1.81. The Morgan fingerprint density at radius 2 is 1.04 bits per heavy atom. The molecule has 0 aliphatic heterocycles. The highest BCUT2D eigenvalue weighted by molar-refractivity contribution is 7.95. The van der Waals surface area contributed by atoms with Gasteiger partial charge in [0, 0.05) is 4.11 Å². The summed E-state index contributed by atoms with van der Waals surface area (Å²) < 4.78 is 22.3. The number of rotatable bonds is 8. The zero-order valence-corrected chi connectivity index (χ0v) is 15.5. The molecule has 3 aromatic rings. The normalized spacial score (nSPS) is 13.7. The van der Waals surface area contributed by atoms with Crippen LogP contribution >= 0.6 is 7.26 Å². The van der Waals surface area contributed by atoms with E-state index in [0.717, 1.165) is 25.4 Å². The number of hydrogen-bond donors (Lipinski definition) is 0. The van der Waals surface area contributed by atoms with E-state index >= 15 is 0 Å². The number of benzene rings is 3. The van der Waals surface area contributed by atoms with Gasteiger partial charge in [-0.25, -0.2) is 0 Å². The van der Waals surface area contributed by atoms with Crippen molar-refractivity contribution in [1.29, 1.82) is 0 Å². The van der Waals surface area contributed by atoms with Gasteiger partial charge in [0.25, 0.3) is 0 Å². The summed E-state index contributed by atoms with van der Waals surface area (Å²) in [5, 5.41) is 4.18. The second kappa shape index (κ2) is 8.97. The van der Waals surface area contributed by atoms with E-state index in [4.69, 9.17) is 4.11 Å². The van der Waals surface area contributed by atoms with E-state index in [1.165, 1.54) is 15.9 Å². The van der Waals surface area contributed by atoms with E-state index in [1.807, 2.05) is 0 Å². The first-order valence-corrected chi connectivity index (χ1v) is 11.0. The van der Waals surface area contributed by atoms with Crippen LogP contribution in [0, 0.1) is 0 Å². The van der Waals surface area contributed by atoms with E-state index in [2.05, 4.69) is 91.0 Å². The molecule has 0 atom stereocenters. The molecule has 0 aliphatic carbocycles. The van der Waals surface area contributed by atoms with Gasteiger partial charge in [0.15, 0.2) is 0 Å². The fourth-order valence-corrected chi connectivity index (χ4v) is 7.94. The Hall–Kier alpha value is -1.91. The first-order valence-electron chi connectivity index (χ1n) is 10.6. The summed E-state index contributed by atoms with van der Waals surface area (Å²) in [4.78, 5) is 0. The molecule has 25 heavy (non-hydrogen) atoms. The zero-order chi connectivity index (χ0) is 19.9. The van der Waals surface area contributed by atoms with Gasteiger partial charge >= 0.3 is 0 Å². The van der Waals surface area contributed by atoms with Gasteiger partial charge in [0.1, 0.15) is 23.2 Å². The van der Waals surface area contributed by atoms with Crippen LogP contribution in [0.15, 0.2) is 91.0 Å². The highest BCUT2D eigenvalue weighted by Gasteiger charge is 2.44. The number of unbranched alkanes of at least 4 members (excludes halogenated alkanes) is 2. The summed E-state index contributed by atoms with van der Waals surface area (Å²) in [5.74, 6) is 0. The fourth-order valence-electron chi connectivity index (χ4n) is 3.53. The van der Waals surface area contributed by atoms with E-state index in [-0.39, 0.29) is 0 Å². The molecule has 0 aromatic heterocycles. The Labute approximate surface area is 157 Å². The van der Waals surface area contributed by atoms with Gasteiger partial charge in [-0.15, -0.1) is 0 Å². The van der Waals surface area contributed by atoms with Crippen LogP contribution in [-0.2, 0) is 0 Å². The third-order valence-corrected chi connectivity index (χ3v) is 9.29. The molecule has 3 aromatic carbocycles. The average molecular weight is 350 g/mol. The topological polar surface area (TPSA) is 0 Å². The number of hydrogen-bond acceptors (Lipinski definition) is 0. The standard InChI is InChI=1S/C24H28P/c1-2-3-4-14-21-25(22-15-8-5-9-16-22,23-17-10-6-11-18-23)24-19-12-7-13-20-24/h5-13,15-20H,2-4,14,21H2,1H3/q+1/i1D3. The van der Waals surface area contributed by atoms with Crippen LogP contribution in [0.25, 0.3) is 0 Å². The lowest BCUT2D eigenvalue weighted by Crippen LogP contribution is -2.33. The molecule has 0 nitrogen and oxygen atoms in total. The molecular formula is C24H28P+. The SMILES string of the molecule is [2H]C([2H])([2H])CCCCC[P+](c1ccccc1)(c1ccccc1)c1ccccc1. The van der Waals surface area contributed by atoms with Crippen LogP contribution < -0.4 is 15.9 Å². The molecule has 0 unspecified atom stereocenters. The van der Waals surface area contributed by atoms with Crippen molar-refractivity contribution in [3.8, 4) is 0 Å². The van der Waals surface area contributed by atoms with Crippen molar-refractivity contribution in [2.24, 2.45) is 0 Å². The van der Waals surface area contributed by atoms with Crippen molar-refractivity contribution < 1.29 is 4.11 Å². The Morgan fingerprint density at radius 1 is 0.600 bits per heavy atom. The summed E-state index contributed by atoms with van der Waals surface area (Å²) >= 11 is 0. The van der Waals surface area contributed by atoms with Crippen LogP contribution in [-0.4, -0.2) is 6.16 Å². The molecular weight excluding hydrogens is 319 g/mol. The highest BCUT2D eigenvalue weighted by Crippen LogP contribution is 2.55. The summed E-state index contributed by atoms with van der Waals surface area (Å²) in [7, 11) is -1.77. The quantitative estimate of drug-likeness (QED) is 0.368. The minimum Gasteiger partial charge on any atom is -0.0654 e. The van der Waals surface area contributed by atoms with Gasteiger partial charge in [-0.1, -0.05) is 74.3 Å². The van der Waals surface area contributed by atoms with Gasteiger partial charge in [-0.05, 0) is 49.2 Å². The lowest BCUT2D eigenvalue weighted by molar-refractivity contribution is 0.705. The first-order chi connectivity index (χ1) is 13.5. The van der Waals surface area contributed by atoms with Gasteiger partial charge < -0.3 is 0 Å². The van der Waals surface area contributed by atoms with Crippen molar-refractivity contribution in [1.82, 2.24) is 0 Å². The van der Waals surface area contributed by atoms with Gasteiger partial charge in [-0.2, -0.15) is 0 Å². The molecule has 0 fully saturated rings. The van der Waals surface area contributed by atoms with Crippen molar-refractivity contribution in [3.05, 3.63) is 91.0 Å². The summed E-state index contributed by atoms with van der Waals surface area (Å²) in [6, 6.07) is 32.6. The molecule has 128 valence electrons. The fraction of sp³-hybridized carbons (Fsp3) is 0.250.